The molecule has 0 aliphatic heterocycles. The summed E-state index contributed by atoms with van der Waals surface area (Å²) in [7, 11) is 1.62. The van der Waals surface area contributed by atoms with E-state index in [1.54, 1.807) is 25.6 Å². The van der Waals surface area contributed by atoms with Crippen molar-refractivity contribution in [2.75, 3.05) is 19.0 Å². The molecular formula is C15H20N4O2. The zero-order valence-corrected chi connectivity index (χ0v) is 12.4. The van der Waals surface area contributed by atoms with Crippen molar-refractivity contribution >= 4 is 5.82 Å². The molecule has 0 radical (unpaired) electrons. The molecule has 112 valence electrons. The highest BCUT2D eigenvalue weighted by Crippen LogP contribution is 2.15. The Kier molecular flexibility index (Phi) is 5.90. The van der Waals surface area contributed by atoms with Crippen molar-refractivity contribution in [1.29, 1.82) is 0 Å². The van der Waals surface area contributed by atoms with Gasteiger partial charge in [-0.3, -0.25) is 4.98 Å². The van der Waals surface area contributed by atoms with Crippen LogP contribution in [0.2, 0.25) is 0 Å². The van der Waals surface area contributed by atoms with Gasteiger partial charge in [-0.1, -0.05) is 6.92 Å². The lowest BCUT2D eigenvalue weighted by molar-refractivity contribution is 0.176. The Bertz CT molecular complexity index is 549. The molecule has 6 nitrogen and oxygen atoms in total. The summed E-state index contributed by atoms with van der Waals surface area (Å²) in [5.74, 6) is 1.89. The molecule has 0 unspecified atom stereocenters. The predicted octanol–water partition coefficient (Wildman–Crippen LogP) is 2.42. The molecule has 2 heterocycles. The predicted molar refractivity (Wildman–Crippen MR) is 80.1 cm³/mol. The molecule has 0 aromatic carbocycles. The average Bonchev–Trinajstić information content (AvgIpc) is 2.52. The Morgan fingerprint density at radius 3 is 2.71 bits per heavy atom. The minimum absolute atomic E-state index is 0.354. The third-order valence-electron chi connectivity index (χ3n) is 2.70. The van der Waals surface area contributed by atoms with E-state index in [1.165, 1.54) is 0 Å². The normalized spacial score (nSPS) is 10.4. The molecule has 0 amide bonds. The second-order valence-electron chi connectivity index (χ2n) is 4.50. The van der Waals surface area contributed by atoms with Crippen LogP contribution in [0.15, 0.2) is 30.6 Å². The molecule has 1 N–H and O–H groups in total. The van der Waals surface area contributed by atoms with Crippen LogP contribution in [-0.2, 0) is 17.9 Å². The molecule has 0 aliphatic carbocycles. The number of anilines is 1. The minimum atomic E-state index is 0.354. The van der Waals surface area contributed by atoms with Crippen molar-refractivity contribution in [1.82, 2.24) is 15.0 Å². The molecule has 0 saturated carbocycles. The van der Waals surface area contributed by atoms with Gasteiger partial charge in [-0.15, -0.1) is 0 Å². The quantitative estimate of drug-likeness (QED) is 0.804. The molecule has 6 heteroatoms. The van der Waals surface area contributed by atoms with Crippen molar-refractivity contribution < 1.29 is 9.47 Å². The first kappa shape index (κ1) is 15.2. The first-order valence-electron chi connectivity index (χ1n) is 6.94. The van der Waals surface area contributed by atoms with Crippen molar-refractivity contribution in [3.63, 3.8) is 0 Å². The lowest BCUT2D eigenvalue weighted by atomic mass is 10.3. The fourth-order valence-corrected chi connectivity index (χ4v) is 1.73. The van der Waals surface area contributed by atoms with Gasteiger partial charge in [-0.25, -0.2) is 4.98 Å². The van der Waals surface area contributed by atoms with E-state index < -0.39 is 0 Å². The molecule has 0 aliphatic rings. The van der Waals surface area contributed by atoms with Crippen molar-refractivity contribution in [2.45, 2.75) is 26.5 Å². The van der Waals surface area contributed by atoms with E-state index in [2.05, 4.69) is 27.2 Å². The van der Waals surface area contributed by atoms with E-state index in [4.69, 9.17) is 9.47 Å². The lowest BCUT2D eigenvalue weighted by Gasteiger charge is -2.10. The van der Waals surface area contributed by atoms with Gasteiger partial charge >= 0.3 is 0 Å². The van der Waals surface area contributed by atoms with Crippen LogP contribution in [0.3, 0.4) is 0 Å². The van der Waals surface area contributed by atoms with Gasteiger partial charge in [0.2, 0.25) is 5.88 Å². The summed E-state index contributed by atoms with van der Waals surface area (Å²) in [6.07, 6.45) is 4.47. The Hall–Kier alpha value is -2.21. The Morgan fingerprint density at radius 1 is 1.19 bits per heavy atom. The van der Waals surface area contributed by atoms with Gasteiger partial charge in [0.25, 0.3) is 0 Å². The number of nitrogens with one attached hydrogen (secondary N) is 1. The number of hydrogen-bond acceptors (Lipinski definition) is 6. The third-order valence-corrected chi connectivity index (χ3v) is 2.70. The number of ether oxygens (including phenoxy) is 2. The number of nitrogens with zero attached hydrogens (tertiary/aromatic N) is 3. The summed E-state index contributed by atoms with van der Waals surface area (Å²) in [5, 5.41) is 3.26. The van der Waals surface area contributed by atoms with Gasteiger partial charge in [0.15, 0.2) is 5.82 Å². The number of pyridine rings is 1. The van der Waals surface area contributed by atoms with Gasteiger partial charge in [-0.2, -0.15) is 4.98 Å². The molecule has 0 saturated heterocycles. The number of rotatable bonds is 8. The van der Waals surface area contributed by atoms with Crippen LogP contribution < -0.4 is 10.1 Å². The summed E-state index contributed by atoms with van der Waals surface area (Å²) in [6, 6.07) is 5.72. The summed E-state index contributed by atoms with van der Waals surface area (Å²) < 4.78 is 10.7. The first-order valence-corrected chi connectivity index (χ1v) is 6.94. The number of aromatic nitrogens is 3. The van der Waals surface area contributed by atoms with Crippen molar-refractivity contribution in [3.05, 3.63) is 42.0 Å². The van der Waals surface area contributed by atoms with E-state index in [-0.39, 0.29) is 0 Å². The highest BCUT2D eigenvalue weighted by molar-refractivity contribution is 5.39. The second-order valence-corrected chi connectivity index (χ2v) is 4.50. The minimum Gasteiger partial charge on any atom is -0.478 e. The van der Waals surface area contributed by atoms with E-state index in [1.807, 2.05) is 12.1 Å². The summed E-state index contributed by atoms with van der Waals surface area (Å²) in [4.78, 5) is 12.7. The maximum Gasteiger partial charge on any atom is 0.218 e. The maximum absolute atomic E-state index is 5.58. The molecule has 2 aromatic heterocycles. The SMILES string of the molecule is CCCOc1cc(NCc2ccncc2)nc(COC)n1. The standard InChI is InChI=1S/C15H20N4O2/c1-3-8-21-15-9-13(18-14(19-15)11-20-2)17-10-12-4-6-16-7-5-12/h4-7,9H,3,8,10-11H2,1-2H3,(H,17,18,19). The highest BCUT2D eigenvalue weighted by atomic mass is 16.5. The van der Waals surface area contributed by atoms with Crippen LogP contribution >= 0.6 is 0 Å². The third kappa shape index (κ3) is 5.00. The zero-order valence-electron chi connectivity index (χ0n) is 12.4. The highest BCUT2D eigenvalue weighted by Gasteiger charge is 2.05. The van der Waals surface area contributed by atoms with Gasteiger partial charge in [-0.05, 0) is 24.1 Å². The van der Waals surface area contributed by atoms with Crippen LogP contribution in [-0.4, -0.2) is 28.7 Å². The van der Waals surface area contributed by atoms with E-state index >= 15 is 0 Å². The first-order chi connectivity index (χ1) is 10.3. The van der Waals surface area contributed by atoms with Crippen molar-refractivity contribution in [2.24, 2.45) is 0 Å². The van der Waals surface area contributed by atoms with Crippen LogP contribution in [0.5, 0.6) is 5.88 Å². The largest absolute Gasteiger partial charge is 0.478 e. The maximum atomic E-state index is 5.58. The van der Waals surface area contributed by atoms with Crippen molar-refractivity contribution in [3.8, 4) is 5.88 Å². The summed E-state index contributed by atoms with van der Waals surface area (Å²) >= 11 is 0. The summed E-state index contributed by atoms with van der Waals surface area (Å²) in [5.41, 5.74) is 1.13. The van der Waals surface area contributed by atoms with Gasteiger partial charge < -0.3 is 14.8 Å². The molecule has 2 rings (SSSR count). The molecule has 2 aromatic rings. The van der Waals surface area contributed by atoms with Crippen LogP contribution in [0.1, 0.15) is 24.7 Å². The number of hydrogen-bond donors (Lipinski definition) is 1. The molecule has 21 heavy (non-hydrogen) atoms. The van der Waals surface area contributed by atoms with E-state index in [0.29, 0.717) is 31.5 Å². The van der Waals surface area contributed by atoms with E-state index in [9.17, 15) is 0 Å². The Balaban J connectivity index is 2.07. The molecular weight excluding hydrogens is 268 g/mol. The second kappa shape index (κ2) is 8.16. The topological polar surface area (TPSA) is 69.2 Å². The zero-order chi connectivity index (χ0) is 14.9. The lowest BCUT2D eigenvalue weighted by Crippen LogP contribution is -2.07. The Morgan fingerprint density at radius 2 is 2.00 bits per heavy atom. The average molecular weight is 288 g/mol. The van der Waals surface area contributed by atoms with Crippen LogP contribution in [0, 0.1) is 0 Å². The number of methoxy groups -OCH3 is 1. The molecule has 0 bridgehead atoms. The fourth-order valence-electron chi connectivity index (χ4n) is 1.73. The molecule has 0 fully saturated rings. The van der Waals surface area contributed by atoms with Crippen LogP contribution in [0.4, 0.5) is 5.82 Å². The molecule has 0 spiro atoms. The van der Waals surface area contributed by atoms with E-state index in [0.717, 1.165) is 17.8 Å². The smallest absolute Gasteiger partial charge is 0.218 e. The monoisotopic (exact) mass is 288 g/mol. The van der Waals surface area contributed by atoms with Gasteiger partial charge in [0, 0.05) is 32.1 Å². The molecule has 0 atom stereocenters. The fraction of sp³-hybridized carbons (Fsp3) is 0.400. The summed E-state index contributed by atoms with van der Waals surface area (Å²) in [6.45, 7) is 3.71. The van der Waals surface area contributed by atoms with Gasteiger partial charge in [0.05, 0.1) is 6.61 Å². The van der Waals surface area contributed by atoms with Gasteiger partial charge in [0.1, 0.15) is 12.4 Å². The van der Waals surface area contributed by atoms with Crippen LogP contribution in [0.25, 0.3) is 0 Å². The Labute approximate surface area is 124 Å².